The Bertz CT molecular complexity index is 736. The molecular weight excluding hydrogens is 343 g/mol. The Balaban J connectivity index is 2.01. The maximum absolute atomic E-state index is 12.4. The summed E-state index contributed by atoms with van der Waals surface area (Å²) in [6, 6.07) is 9.72. The zero-order valence-electron chi connectivity index (χ0n) is 14.5. The molecule has 0 fully saturated rings. The summed E-state index contributed by atoms with van der Waals surface area (Å²) in [5, 5.41) is 4.13. The molecule has 2 rings (SSSR count). The normalized spacial score (nSPS) is 12.1. The van der Waals surface area contributed by atoms with Gasteiger partial charge in [0.15, 0.2) is 6.54 Å². The molecule has 1 atom stereocenters. The van der Waals surface area contributed by atoms with Crippen LogP contribution in [0.25, 0.3) is 0 Å². The van der Waals surface area contributed by atoms with Crippen LogP contribution < -0.4 is 10.2 Å². The molecule has 1 amide bonds. The fraction of sp³-hybridized carbons (Fsp3) is 0.316. The second-order valence-corrected chi connectivity index (χ2v) is 7.13. The Labute approximate surface area is 153 Å². The van der Waals surface area contributed by atoms with Crippen molar-refractivity contribution in [3.63, 3.8) is 0 Å². The van der Waals surface area contributed by atoms with E-state index in [0.717, 1.165) is 27.3 Å². The molecule has 2 N–H and O–H groups in total. The van der Waals surface area contributed by atoms with Crippen molar-refractivity contribution >= 4 is 34.8 Å². The molecule has 2 aromatic rings. The molecule has 2 aromatic carbocycles. The van der Waals surface area contributed by atoms with E-state index in [1.54, 1.807) is 6.07 Å². The third-order valence-corrected chi connectivity index (χ3v) is 4.79. The highest BCUT2D eigenvalue weighted by Crippen LogP contribution is 2.25. The van der Waals surface area contributed by atoms with Crippen molar-refractivity contribution in [1.29, 1.82) is 0 Å². The van der Waals surface area contributed by atoms with E-state index >= 15 is 0 Å². The van der Waals surface area contributed by atoms with Gasteiger partial charge in [-0.1, -0.05) is 53.0 Å². The fourth-order valence-corrected chi connectivity index (χ4v) is 3.29. The summed E-state index contributed by atoms with van der Waals surface area (Å²) >= 11 is 12.3. The molecule has 128 valence electrons. The lowest BCUT2D eigenvalue weighted by molar-refractivity contribution is -0.885. The smallest absolute Gasteiger partial charge is 0.279 e. The summed E-state index contributed by atoms with van der Waals surface area (Å²) in [5.74, 6) is -0.0132. The Hall–Kier alpha value is -1.55. The number of carbonyl (C=O) groups excluding carboxylic acids is 1. The quantitative estimate of drug-likeness (QED) is 0.834. The molecule has 3 nitrogen and oxygen atoms in total. The van der Waals surface area contributed by atoms with E-state index in [4.69, 9.17) is 23.2 Å². The second-order valence-electron chi connectivity index (χ2n) is 6.35. The Morgan fingerprint density at radius 1 is 1.12 bits per heavy atom. The van der Waals surface area contributed by atoms with E-state index in [2.05, 4.69) is 24.4 Å². The second kappa shape index (κ2) is 8.02. The summed E-state index contributed by atoms with van der Waals surface area (Å²) in [6.07, 6.45) is 0. The van der Waals surface area contributed by atoms with Crippen molar-refractivity contribution in [2.45, 2.75) is 27.3 Å². The van der Waals surface area contributed by atoms with Gasteiger partial charge in [0.05, 0.1) is 17.1 Å². The van der Waals surface area contributed by atoms with Gasteiger partial charge in [0, 0.05) is 11.3 Å². The van der Waals surface area contributed by atoms with E-state index in [1.807, 2.05) is 33.0 Å². The highest BCUT2D eigenvalue weighted by molar-refractivity contribution is 6.42. The maximum Gasteiger partial charge on any atom is 0.279 e. The Kier molecular flexibility index (Phi) is 6.27. The first-order valence-electron chi connectivity index (χ1n) is 7.90. The van der Waals surface area contributed by atoms with E-state index in [9.17, 15) is 4.79 Å². The highest BCUT2D eigenvalue weighted by Gasteiger charge is 2.15. The number of carbonyl (C=O) groups is 1. The number of quaternary nitrogens is 1. The third kappa shape index (κ3) is 4.73. The Morgan fingerprint density at radius 2 is 1.75 bits per heavy atom. The monoisotopic (exact) mass is 365 g/mol. The highest BCUT2D eigenvalue weighted by atomic mass is 35.5. The Morgan fingerprint density at radius 3 is 2.38 bits per heavy atom. The zero-order valence-corrected chi connectivity index (χ0v) is 16.0. The van der Waals surface area contributed by atoms with Gasteiger partial charge in [-0.25, -0.2) is 0 Å². The van der Waals surface area contributed by atoms with Gasteiger partial charge in [0.25, 0.3) is 5.91 Å². The first-order chi connectivity index (χ1) is 11.3. The van der Waals surface area contributed by atoms with Crippen LogP contribution in [0.2, 0.25) is 10.0 Å². The minimum Gasteiger partial charge on any atom is -0.326 e. The van der Waals surface area contributed by atoms with E-state index in [0.29, 0.717) is 23.1 Å². The van der Waals surface area contributed by atoms with Gasteiger partial charge in [-0.3, -0.25) is 4.79 Å². The average molecular weight is 366 g/mol. The molecule has 0 bridgehead atoms. The molecule has 0 aliphatic heterocycles. The van der Waals surface area contributed by atoms with Gasteiger partial charge in [-0.2, -0.15) is 0 Å². The first kappa shape index (κ1) is 18.8. The molecule has 0 heterocycles. The van der Waals surface area contributed by atoms with Gasteiger partial charge in [-0.05, 0) is 38.0 Å². The van der Waals surface area contributed by atoms with Crippen molar-refractivity contribution in [1.82, 2.24) is 0 Å². The minimum absolute atomic E-state index is 0.0132. The topological polar surface area (TPSA) is 33.5 Å². The van der Waals surface area contributed by atoms with Gasteiger partial charge in [0.2, 0.25) is 0 Å². The molecule has 0 aliphatic rings. The average Bonchev–Trinajstić information content (AvgIpc) is 2.47. The van der Waals surface area contributed by atoms with Crippen molar-refractivity contribution in [3.8, 4) is 0 Å². The number of benzene rings is 2. The summed E-state index contributed by atoms with van der Waals surface area (Å²) in [4.78, 5) is 13.4. The molecular formula is C19H23Cl2N2O+. The van der Waals surface area contributed by atoms with E-state index < -0.39 is 0 Å². The maximum atomic E-state index is 12.4. The number of amides is 1. The lowest BCUT2D eigenvalue weighted by atomic mass is 10.1. The van der Waals surface area contributed by atoms with E-state index in [1.165, 1.54) is 5.56 Å². The molecule has 5 heteroatoms. The van der Waals surface area contributed by atoms with Crippen LogP contribution in [0.3, 0.4) is 0 Å². The van der Waals surface area contributed by atoms with Crippen LogP contribution in [0.15, 0.2) is 30.3 Å². The molecule has 1 unspecified atom stereocenters. The number of aryl methyl sites for hydroxylation is 3. The number of likely N-dealkylation sites (N-methyl/N-ethyl adjacent to an activating group) is 1. The number of rotatable bonds is 5. The molecule has 0 aliphatic carbocycles. The van der Waals surface area contributed by atoms with Crippen molar-refractivity contribution in [2.24, 2.45) is 0 Å². The van der Waals surface area contributed by atoms with Crippen LogP contribution in [0.5, 0.6) is 0 Å². The molecule has 0 saturated heterocycles. The number of nitrogens with one attached hydrogen (secondary N) is 2. The summed E-state index contributed by atoms with van der Waals surface area (Å²) in [5.41, 5.74) is 5.20. The van der Waals surface area contributed by atoms with Gasteiger partial charge in [0.1, 0.15) is 6.54 Å². The molecule has 0 saturated carbocycles. The number of anilines is 1. The number of halogens is 2. The number of hydrogen-bond donors (Lipinski definition) is 2. The standard InChI is InChI=1S/C19H22Cl2N2O/c1-12-8-13(2)19(14(3)9-12)22-17(24)11-23(4)10-15-6-5-7-16(20)18(15)21/h5-9H,10-11H2,1-4H3,(H,22,24)/p+1. The molecule has 0 spiro atoms. The third-order valence-electron chi connectivity index (χ3n) is 3.93. The molecule has 0 aromatic heterocycles. The summed E-state index contributed by atoms with van der Waals surface area (Å²) < 4.78 is 0. The largest absolute Gasteiger partial charge is 0.326 e. The SMILES string of the molecule is Cc1cc(C)c(NC(=O)C[NH+](C)Cc2cccc(Cl)c2Cl)c(C)c1. The van der Waals surface area contributed by atoms with Crippen LogP contribution in [-0.2, 0) is 11.3 Å². The predicted molar refractivity (Wildman–Crippen MR) is 101 cm³/mol. The van der Waals surface area contributed by atoms with Gasteiger partial charge < -0.3 is 10.2 Å². The van der Waals surface area contributed by atoms with Crippen LogP contribution in [0, 0.1) is 20.8 Å². The van der Waals surface area contributed by atoms with E-state index in [-0.39, 0.29) is 5.91 Å². The summed E-state index contributed by atoms with van der Waals surface area (Å²) in [7, 11) is 1.96. The number of hydrogen-bond acceptors (Lipinski definition) is 1. The predicted octanol–water partition coefficient (Wildman–Crippen LogP) is 3.57. The van der Waals surface area contributed by atoms with Gasteiger partial charge >= 0.3 is 0 Å². The summed E-state index contributed by atoms with van der Waals surface area (Å²) in [6.45, 7) is 7.07. The van der Waals surface area contributed by atoms with Crippen LogP contribution in [0.4, 0.5) is 5.69 Å². The van der Waals surface area contributed by atoms with Crippen molar-refractivity contribution in [3.05, 3.63) is 62.6 Å². The van der Waals surface area contributed by atoms with Gasteiger partial charge in [-0.15, -0.1) is 0 Å². The first-order valence-corrected chi connectivity index (χ1v) is 8.65. The molecule has 0 radical (unpaired) electrons. The van der Waals surface area contributed by atoms with Crippen molar-refractivity contribution < 1.29 is 9.69 Å². The van der Waals surface area contributed by atoms with Crippen LogP contribution in [0.1, 0.15) is 22.3 Å². The fourth-order valence-electron chi connectivity index (χ4n) is 2.91. The van der Waals surface area contributed by atoms with Crippen LogP contribution in [-0.4, -0.2) is 19.5 Å². The lowest BCUT2D eigenvalue weighted by Gasteiger charge is -2.17. The van der Waals surface area contributed by atoms with Crippen LogP contribution >= 0.6 is 23.2 Å². The lowest BCUT2D eigenvalue weighted by Crippen LogP contribution is -3.08. The zero-order chi connectivity index (χ0) is 17.9. The minimum atomic E-state index is -0.0132. The molecule has 24 heavy (non-hydrogen) atoms. The van der Waals surface area contributed by atoms with Crippen molar-refractivity contribution in [2.75, 3.05) is 18.9 Å².